The number of aromatic nitrogens is 2. The van der Waals surface area contributed by atoms with E-state index in [1.807, 2.05) is 0 Å². The zero-order chi connectivity index (χ0) is 13.8. The number of imidazole rings is 1. The van der Waals surface area contributed by atoms with E-state index in [0.29, 0.717) is 0 Å². The van der Waals surface area contributed by atoms with Gasteiger partial charge in [-0.2, -0.15) is 0 Å². The van der Waals surface area contributed by atoms with Crippen molar-refractivity contribution in [1.82, 2.24) is 14.5 Å². The minimum absolute atomic E-state index is 0.759. The highest BCUT2D eigenvalue weighted by Gasteiger charge is 2.05. The van der Waals surface area contributed by atoms with Crippen LogP contribution in [0.1, 0.15) is 5.56 Å². The van der Waals surface area contributed by atoms with E-state index in [0.717, 1.165) is 36.5 Å². The van der Waals surface area contributed by atoms with Crippen LogP contribution < -0.4 is 0 Å². The largest absolute Gasteiger partial charge is 0.383 e. The number of hydrogen-bond acceptors (Lipinski definition) is 3. The van der Waals surface area contributed by atoms with E-state index in [1.165, 1.54) is 11.1 Å². The van der Waals surface area contributed by atoms with E-state index < -0.39 is 0 Å². The number of H-pyrrole nitrogens is 1. The van der Waals surface area contributed by atoms with Gasteiger partial charge in [-0.05, 0) is 43.9 Å². The lowest BCUT2D eigenvalue weighted by Crippen LogP contribution is -2.26. The summed E-state index contributed by atoms with van der Waals surface area (Å²) < 4.78 is 8.03. The van der Waals surface area contributed by atoms with Crippen LogP contribution in [0.15, 0.2) is 18.2 Å². The van der Waals surface area contributed by atoms with Crippen LogP contribution in [0.4, 0.5) is 0 Å². The van der Waals surface area contributed by atoms with Crippen molar-refractivity contribution in [3.63, 3.8) is 0 Å². The van der Waals surface area contributed by atoms with Crippen LogP contribution in [-0.2, 0) is 11.3 Å². The summed E-state index contributed by atoms with van der Waals surface area (Å²) in [6.45, 7) is 5.63. The second kappa shape index (κ2) is 6.32. The first-order valence-corrected chi connectivity index (χ1v) is 6.89. The molecule has 104 valence electrons. The molecular weight excluding hydrogens is 258 g/mol. The van der Waals surface area contributed by atoms with Crippen molar-refractivity contribution in [2.45, 2.75) is 13.5 Å². The number of methoxy groups -OCH3 is 1. The number of ether oxygens (including phenoxy) is 1. The van der Waals surface area contributed by atoms with Crippen molar-refractivity contribution in [2.24, 2.45) is 0 Å². The van der Waals surface area contributed by atoms with Crippen LogP contribution in [0, 0.1) is 11.7 Å². The van der Waals surface area contributed by atoms with E-state index in [-0.39, 0.29) is 0 Å². The fourth-order valence-corrected chi connectivity index (χ4v) is 2.43. The van der Waals surface area contributed by atoms with Crippen LogP contribution in [0.25, 0.3) is 11.0 Å². The van der Waals surface area contributed by atoms with Gasteiger partial charge < -0.3 is 19.2 Å². The van der Waals surface area contributed by atoms with Crippen molar-refractivity contribution in [1.29, 1.82) is 0 Å². The Morgan fingerprint density at radius 1 is 1.37 bits per heavy atom. The molecule has 0 radical (unpaired) electrons. The van der Waals surface area contributed by atoms with E-state index >= 15 is 0 Å². The first kappa shape index (κ1) is 14.2. The highest BCUT2D eigenvalue weighted by Crippen LogP contribution is 2.15. The van der Waals surface area contributed by atoms with Crippen molar-refractivity contribution >= 4 is 23.3 Å². The summed E-state index contributed by atoms with van der Waals surface area (Å²) in [6, 6.07) is 6.39. The maximum Gasteiger partial charge on any atom is 0.178 e. The van der Waals surface area contributed by atoms with E-state index in [2.05, 4.69) is 46.6 Å². The van der Waals surface area contributed by atoms with Crippen molar-refractivity contribution in [3.05, 3.63) is 28.5 Å². The minimum atomic E-state index is 0.759. The lowest BCUT2D eigenvalue weighted by atomic mass is 10.2. The number of aryl methyl sites for hydroxylation is 1. The van der Waals surface area contributed by atoms with Crippen LogP contribution >= 0.6 is 12.2 Å². The summed E-state index contributed by atoms with van der Waals surface area (Å²) in [5.74, 6) is 0. The number of benzene rings is 1. The third kappa shape index (κ3) is 3.43. The quantitative estimate of drug-likeness (QED) is 0.825. The summed E-state index contributed by atoms with van der Waals surface area (Å²) in [7, 11) is 3.83. The monoisotopic (exact) mass is 279 g/mol. The Hall–Kier alpha value is -1.17. The van der Waals surface area contributed by atoms with Gasteiger partial charge in [-0.15, -0.1) is 0 Å². The zero-order valence-corrected chi connectivity index (χ0v) is 12.6. The average molecular weight is 279 g/mol. The molecule has 0 aliphatic carbocycles. The van der Waals surface area contributed by atoms with Gasteiger partial charge in [0.05, 0.1) is 17.6 Å². The fraction of sp³-hybridized carbons (Fsp3) is 0.500. The smallest absolute Gasteiger partial charge is 0.178 e. The molecule has 0 aliphatic rings. The summed E-state index contributed by atoms with van der Waals surface area (Å²) in [5.41, 5.74) is 3.54. The number of likely N-dealkylation sites (N-methyl/N-ethyl adjacent to an activating group) is 1. The molecule has 0 fully saturated rings. The highest BCUT2D eigenvalue weighted by molar-refractivity contribution is 7.71. The molecule has 0 unspecified atom stereocenters. The van der Waals surface area contributed by atoms with Gasteiger partial charge in [-0.1, -0.05) is 6.07 Å². The standard InChI is InChI=1S/C14H21N3OS/c1-11-4-5-13-12(10-11)15-14(19)17(13)7-6-16(2)8-9-18-3/h4-5,10H,6-9H2,1-3H3,(H,15,19). The third-order valence-corrected chi connectivity index (χ3v) is 3.63. The molecule has 1 N–H and O–H groups in total. The summed E-state index contributed by atoms with van der Waals surface area (Å²) in [6.07, 6.45) is 0. The predicted molar refractivity (Wildman–Crippen MR) is 81.2 cm³/mol. The number of hydrogen-bond donors (Lipinski definition) is 1. The van der Waals surface area contributed by atoms with Crippen molar-refractivity contribution in [3.8, 4) is 0 Å². The summed E-state index contributed by atoms with van der Waals surface area (Å²) in [4.78, 5) is 5.52. The van der Waals surface area contributed by atoms with E-state index in [1.54, 1.807) is 7.11 Å². The van der Waals surface area contributed by atoms with Crippen LogP contribution in [0.2, 0.25) is 0 Å². The number of aromatic amines is 1. The molecule has 0 atom stereocenters. The molecule has 1 heterocycles. The SMILES string of the molecule is COCCN(C)CCn1c(=S)[nH]c2cc(C)ccc21. The molecule has 4 nitrogen and oxygen atoms in total. The molecule has 0 saturated carbocycles. The van der Waals surface area contributed by atoms with Crippen LogP contribution in [-0.4, -0.2) is 48.3 Å². The molecule has 1 aromatic heterocycles. The van der Waals surface area contributed by atoms with Gasteiger partial charge in [0.15, 0.2) is 4.77 Å². The molecule has 5 heteroatoms. The Labute approximate surface area is 119 Å². The molecular formula is C14H21N3OS. The zero-order valence-electron chi connectivity index (χ0n) is 11.8. The fourth-order valence-electron chi connectivity index (χ4n) is 2.13. The Bertz CT molecular complexity index is 602. The van der Waals surface area contributed by atoms with Gasteiger partial charge in [0.2, 0.25) is 0 Å². The predicted octanol–water partition coefficient (Wildman–Crippen LogP) is 2.59. The molecule has 2 aromatic rings. The van der Waals surface area contributed by atoms with Crippen molar-refractivity contribution < 1.29 is 4.74 Å². The van der Waals surface area contributed by atoms with E-state index in [9.17, 15) is 0 Å². The molecule has 0 amide bonds. The van der Waals surface area contributed by atoms with Crippen molar-refractivity contribution in [2.75, 3.05) is 33.9 Å². The minimum Gasteiger partial charge on any atom is -0.383 e. The second-order valence-electron chi connectivity index (χ2n) is 4.90. The van der Waals surface area contributed by atoms with Crippen LogP contribution in [0.3, 0.4) is 0 Å². The number of nitrogens with one attached hydrogen (secondary N) is 1. The Morgan fingerprint density at radius 2 is 2.16 bits per heavy atom. The molecule has 0 bridgehead atoms. The Kier molecular flexibility index (Phi) is 4.74. The topological polar surface area (TPSA) is 33.2 Å². The first-order valence-electron chi connectivity index (χ1n) is 6.48. The molecule has 0 aliphatic heterocycles. The highest BCUT2D eigenvalue weighted by atomic mass is 32.1. The summed E-state index contributed by atoms with van der Waals surface area (Å²) in [5, 5.41) is 0. The summed E-state index contributed by atoms with van der Waals surface area (Å²) >= 11 is 5.40. The number of rotatable bonds is 6. The van der Waals surface area contributed by atoms with Gasteiger partial charge in [-0.25, -0.2) is 0 Å². The van der Waals surface area contributed by atoms with E-state index in [4.69, 9.17) is 17.0 Å². The van der Waals surface area contributed by atoms with Gasteiger partial charge in [0.25, 0.3) is 0 Å². The van der Waals surface area contributed by atoms with Crippen LogP contribution in [0.5, 0.6) is 0 Å². The third-order valence-electron chi connectivity index (χ3n) is 3.31. The number of fused-ring (bicyclic) bond motifs is 1. The second-order valence-corrected chi connectivity index (χ2v) is 5.29. The van der Waals surface area contributed by atoms with Gasteiger partial charge in [-0.3, -0.25) is 0 Å². The average Bonchev–Trinajstić information content (AvgIpc) is 2.68. The lowest BCUT2D eigenvalue weighted by Gasteiger charge is -2.16. The Balaban J connectivity index is 2.12. The normalized spacial score (nSPS) is 11.6. The molecule has 0 spiro atoms. The van der Waals surface area contributed by atoms with Gasteiger partial charge in [0.1, 0.15) is 0 Å². The molecule has 0 saturated heterocycles. The number of nitrogens with zero attached hydrogens (tertiary/aromatic N) is 2. The first-order chi connectivity index (χ1) is 9.11. The maximum atomic E-state index is 5.40. The maximum absolute atomic E-state index is 5.40. The Morgan fingerprint density at radius 3 is 2.89 bits per heavy atom. The lowest BCUT2D eigenvalue weighted by molar-refractivity contribution is 0.159. The molecule has 19 heavy (non-hydrogen) atoms. The van der Waals surface area contributed by atoms with Gasteiger partial charge >= 0.3 is 0 Å². The van der Waals surface area contributed by atoms with Gasteiger partial charge in [0, 0.05) is 26.7 Å². The molecule has 1 aromatic carbocycles. The molecule has 2 rings (SSSR count).